The summed E-state index contributed by atoms with van der Waals surface area (Å²) in [4.78, 5) is 0. The smallest absolute Gasteiger partial charge is 0.161 e. The van der Waals surface area contributed by atoms with Crippen LogP contribution in [0.25, 0.3) is 0 Å². The van der Waals surface area contributed by atoms with E-state index >= 15 is 0 Å². The van der Waals surface area contributed by atoms with Gasteiger partial charge in [-0.1, -0.05) is 32.3 Å². The van der Waals surface area contributed by atoms with Crippen molar-refractivity contribution in [2.75, 3.05) is 19.8 Å². The fourth-order valence-corrected chi connectivity index (χ4v) is 3.29. The molecule has 1 aromatic carbocycles. The molecule has 3 nitrogen and oxygen atoms in total. The predicted molar refractivity (Wildman–Crippen MR) is 80.3 cm³/mol. The van der Waals surface area contributed by atoms with Crippen LogP contribution in [0.2, 0.25) is 0 Å². The van der Waals surface area contributed by atoms with Crippen molar-refractivity contribution in [3.05, 3.63) is 23.8 Å². The molecule has 0 spiro atoms. The molecule has 1 saturated carbocycles. The molecule has 0 amide bonds. The van der Waals surface area contributed by atoms with Crippen molar-refractivity contribution >= 4 is 0 Å². The Hall–Kier alpha value is -1.22. The van der Waals surface area contributed by atoms with Crippen LogP contribution in [0.1, 0.15) is 44.6 Å². The molecule has 1 aliphatic carbocycles. The molecule has 0 aromatic heterocycles. The number of hydrogen-bond donors (Lipinski definition) is 1. The minimum Gasteiger partial charge on any atom is -0.486 e. The van der Waals surface area contributed by atoms with Crippen LogP contribution < -0.4 is 14.8 Å². The topological polar surface area (TPSA) is 30.5 Å². The van der Waals surface area contributed by atoms with E-state index in [1.54, 1.807) is 0 Å². The summed E-state index contributed by atoms with van der Waals surface area (Å²) in [6.07, 6.45) is 6.92. The summed E-state index contributed by atoms with van der Waals surface area (Å²) in [6, 6.07) is 6.25. The number of ether oxygens (including phenoxy) is 2. The fourth-order valence-electron chi connectivity index (χ4n) is 3.29. The average molecular weight is 275 g/mol. The van der Waals surface area contributed by atoms with Crippen LogP contribution in [0, 0.1) is 5.41 Å². The lowest BCUT2D eigenvalue weighted by Crippen LogP contribution is -2.33. The Balaban J connectivity index is 1.53. The normalized spacial score (nSPS) is 20.6. The van der Waals surface area contributed by atoms with Crippen LogP contribution in [0.5, 0.6) is 11.5 Å². The monoisotopic (exact) mass is 275 g/mol. The van der Waals surface area contributed by atoms with E-state index in [-0.39, 0.29) is 0 Å². The fraction of sp³-hybridized carbons (Fsp3) is 0.647. The molecule has 0 bridgehead atoms. The van der Waals surface area contributed by atoms with Crippen LogP contribution >= 0.6 is 0 Å². The lowest BCUT2D eigenvalue weighted by atomic mass is 9.76. The predicted octanol–water partition coefficient (Wildman–Crippen LogP) is 3.52. The Morgan fingerprint density at radius 1 is 1.05 bits per heavy atom. The van der Waals surface area contributed by atoms with Crippen molar-refractivity contribution in [1.82, 2.24) is 5.32 Å². The van der Waals surface area contributed by atoms with Gasteiger partial charge in [-0.25, -0.2) is 0 Å². The molecule has 20 heavy (non-hydrogen) atoms. The Kier molecular flexibility index (Phi) is 4.16. The van der Waals surface area contributed by atoms with Gasteiger partial charge in [0.2, 0.25) is 0 Å². The quantitative estimate of drug-likeness (QED) is 0.912. The van der Waals surface area contributed by atoms with E-state index in [9.17, 15) is 0 Å². The van der Waals surface area contributed by atoms with E-state index < -0.39 is 0 Å². The Labute approximate surface area is 121 Å². The second-order valence-electron chi connectivity index (χ2n) is 6.45. The third-order valence-corrected chi connectivity index (χ3v) is 4.55. The molecule has 0 unspecified atom stereocenters. The molecule has 3 heteroatoms. The standard InChI is InChI=1S/C17H25NO2/c1-17(7-3-2-4-8-17)13-18-12-14-5-6-15-16(11-14)20-10-9-19-15/h5-6,11,18H,2-4,7-10,12-13H2,1H3. The first-order valence-electron chi connectivity index (χ1n) is 7.84. The molecule has 1 aromatic rings. The highest BCUT2D eigenvalue weighted by atomic mass is 16.6. The molecule has 3 rings (SSSR count). The molecule has 0 saturated heterocycles. The number of fused-ring (bicyclic) bond motifs is 1. The third-order valence-electron chi connectivity index (χ3n) is 4.55. The molecule has 1 fully saturated rings. The summed E-state index contributed by atoms with van der Waals surface area (Å²) >= 11 is 0. The minimum absolute atomic E-state index is 0.492. The van der Waals surface area contributed by atoms with Gasteiger partial charge < -0.3 is 14.8 Å². The maximum absolute atomic E-state index is 5.63. The van der Waals surface area contributed by atoms with Gasteiger partial charge in [0, 0.05) is 13.1 Å². The van der Waals surface area contributed by atoms with Gasteiger partial charge in [-0.05, 0) is 36.0 Å². The van der Waals surface area contributed by atoms with Gasteiger partial charge in [0.15, 0.2) is 11.5 Å². The molecule has 1 N–H and O–H groups in total. The van der Waals surface area contributed by atoms with E-state index in [0.29, 0.717) is 18.6 Å². The zero-order chi connectivity index (χ0) is 13.8. The average Bonchev–Trinajstić information content (AvgIpc) is 2.48. The lowest BCUT2D eigenvalue weighted by Gasteiger charge is -2.33. The molecule has 110 valence electrons. The first-order valence-corrected chi connectivity index (χ1v) is 7.84. The number of hydrogen-bond acceptors (Lipinski definition) is 3. The van der Waals surface area contributed by atoms with Gasteiger partial charge in [-0.2, -0.15) is 0 Å². The SMILES string of the molecule is CC1(CNCc2ccc3c(c2)OCCO3)CCCCC1. The molecular weight excluding hydrogens is 250 g/mol. The summed E-state index contributed by atoms with van der Waals surface area (Å²) in [5.74, 6) is 1.76. The largest absolute Gasteiger partial charge is 0.486 e. The second-order valence-corrected chi connectivity index (χ2v) is 6.45. The molecule has 0 atom stereocenters. The van der Waals surface area contributed by atoms with Crippen molar-refractivity contribution in [3.63, 3.8) is 0 Å². The van der Waals surface area contributed by atoms with E-state index in [4.69, 9.17) is 9.47 Å². The van der Waals surface area contributed by atoms with Crippen molar-refractivity contribution in [1.29, 1.82) is 0 Å². The first-order chi connectivity index (χ1) is 9.75. The van der Waals surface area contributed by atoms with E-state index in [0.717, 1.165) is 24.6 Å². The molecule has 0 radical (unpaired) electrons. The van der Waals surface area contributed by atoms with Crippen molar-refractivity contribution < 1.29 is 9.47 Å². The van der Waals surface area contributed by atoms with Gasteiger partial charge in [-0.15, -0.1) is 0 Å². The molecule has 1 heterocycles. The zero-order valence-corrected chi connectivity index (χ0v) is 12.4. The van der Waals surface area contributed by atoms with Crippen molar-refractivity contribution in [3.8, 4) is 11.5 Å². The van der Waals surface area contributed by atoms with Crippen molar-refractivity contribution in [2.24, 2.45) is 5.41 Å². The highest BCUT2D eigenvalue weighted by Gasteiger charge is 2.26. The number of nitrogens with one attached hydrogen (secondary N) is 1. The first kappa shape index (κ1) is 13.7. The minimum atomic E-state index is 0.492. The summed E-state index contributed by atoms with van der Waals surface area (Å²) in [5, 5.41) is 3.62. The van der Waals surface area contributed by atoms with E-state index in [2.05, 4.69) is 24.4 Å². The molecule has 1 aliphatic heterocycles. The summed E-state index contributed by atoms with van der Waals surface area (Å²) in [6.45, 7) is 5.75. The summed E-state index contributed by atoms with van der Waals surface area (Å²) in [7, 11) is 0. The summed E-state index contributed by atoms with van der Waals surface area (Å²) in [5.41, 5.74) is 1.76. The number of rotatable bonds is 4. The van der Waals surface area contributed by atoms with Gasteiger partial charge >= 0.3 is 0 Å². The van der Waals surface area contributed by atoms with Crippen LogP contribution in [0.15, 0.2) is 18.2 Å². The molecular formula is C17H25NO2. The highest BCUT2D eigenvalue weighted by molar-refractivity contribution is 5.43. The van der Waals surface area contributed by atoms with Gasteiger partial charge in [-0.3, -0.25) is 0 Å². The Morgan fingerprint density at radius 3 is 2.60 bits per heavy atom. The maximum atomic E-state index is 5.63. The van der Waals surface area contributed by atoms with Gasteiger partial charge in [0.05, 0.1) is 0 Å². The Morgan fingerprint density at radius 2 is 1.80 bits per heavy atom. The maximum Gasteiger partial charge on any atom is 0.161 e. The van der Waals surface area contributed by atoms with Crippen LogP contribution in [0.4, 0.5) is 0 Å². The van der Waals surface area contributed by atoms with Crippen LogP contribution in [-0.4, -0.2) is 19.8 Å². The van der Waals surface area contributed by atoms with Crippen LogP contribution in [0.3, 0.4) is 0 Å². The van der Waals surface area contributed by atoms with E-state index in [1.165, 1.54) is 37.7 Å². The zero-order valence-electron chi connectivity index (χ0n) is 12.4. The van der Waals surface area contributed by atoms with Crippen LogP contribution in [-0.2, 0) is 6.54 Å². The lowest BCUT2D eigenvalue weighted by molar-refractivity contribution is 0.171. The van der Waals surface area contributed by atoms with Gasteiger partial charge in [0.1, 0.15) is 13.2 Å². The summed E-state index contributed by atoms with van der Waals surface area (Å²) < 4.78 is 11.2. The highest BCUT2D eigenvalue weighted by Crippen LogP contribution is 2.35. The second kappa shape index (κ2) is 6.04. The number of benzene rings is 1. The third kappa shape index (κ3) is 3.26. The van der Waals surface area contributed by atoms with Gasteiger partial charge in [0.25, 0.3) is 0 Å². The molecule has 2 aliphatic rings. The van der Waals surface area contributed by atoms with E-state index in [1.807, 2.05) is 6.07 Å². The van der Waals surface area contributed by atoms with Crippen molar-refractivity contribution in [2.45, 2.75) is 45.6 Å². The Bertz CT molecular complexity index is 452.